The van der Waals surface area contributed by atoms with E-state index in [0.717, 1.165) is 0 Å². The van der Waals surface area contributed by atoms with Crippen molar-refractivity contribution in [2.45, 2.75) is 86.0 Å². The molecule has 3 heteroatoms. The first-order chi connectivity index (χ1) is 11.1. The minimum absolute atomic E-state index is 1.25. The third-order valence-electron chi connectivity index (χ3n) is 5.68. The Morgan fingerprint density at radius 2 is 1.17 bits per heavy atom. The number of aromatic nitrogens is 2. The fraction of sp³-hybridized carbons (Fsp3) is 0.850. The van der Waals surface area contributed by atoms with E-state index in [2.05, 4.69) is 45.8 Å². The molecule has 0 saturated heterocycles. The Balaban J connectivity index is 3.37. The van der Waals surface area contributed by atoms with Crippen LogP contribution in [0.4, 0.5) is 0 Å². The van der Waals surface area contributed by atoms with Crippen LogP contribution >= 0.6 is 6.60 Å². The summed E-state index contributed by atoms with van der Waals surface area (Å²) in [5.74, 6) is 0. The van der Waals surface area contributed by atoms with Crippen molar-refractivity contribution in [3.63, 3.8) is 0 Å². The van der Waals surface area contributed by atoms with Gasteiger partial charge in [0.2, 0.25) is 0 Å². The number of unbranched alkanes of at least 4 members (excludes halogenated alkanes) is 4. The fourth-order valence-electron chi connectivity index (χ4n) is 4.11. The molecule has 0 aliphatic heterocycles. The number of hydrogen-bond acceptors (Lipinski definition) is 1. The molecule has 0 bridgehead atoms. The summed E-state index contributed by atoms with van der Waals surface area (Å²) in [5, 5.41) is 0. The molecule has 23 heavy (non-hydrogen) atoms. The number of imidazole rings is 1. The summed E-state index contributed by atoms with van der Waals surface area (Å²) in [7, 11) is 0. The Labute approximate surface area is 145 Å². The molecule has 1 N–H and O–H groups in total. The van der Waals surface area contributed by atoms with E-state index in [4.69, 9.17) is 4.98 Å². The van der Waals surface area contributed by atoms with E-state index in [1.165, 1.54) is 87.3 Å². The van der Waals surface area contributed by atoms with E-state index in [1.54, 1.807) is 0 Å². The molecule has 0 aromatic carbocycles. The molecule has 2 nitrogen and oxygen atoms in total. The van der Waals surface area contributed by atoms with Crippen molar-refractivity contribution < 1.29 is 0 Å². The van der Waals surface area contributed by atoms with Crippen molar-refractivity contribution in [1.82, 2.24) is 9.97 Å². The minimum atomic E-state index is -1.95. The van der Waals surface area contributed by atoms with Gasteiger partial charge in [-0.15, -0.1) is 0 Å². The summed E-state index contributed by atoms with van der Waals surface area (Å²) in [4.78, 5) is 8.71. The third kappa shape index (κ3) is 5.05. The van der Waals surface area contributed by atoms with Crippen molar-refractivity contribution in [3.05, 3.63) is 11.9 Å². The summed E-state index contributed by atoms with van der Waals surface area (Å²) < 4.78 is 0. The van der Waals surface area contributed by atoms with Crippen molar-refractivity contribution in [2.24, 2.45) is 0 Å². The molecule has 0 aliphatic carbocycles. The van der Waals surface area contributed by atoms with Gasteiger partial charge in [-0.3, -0.25) is 0 Å². The number of aryl methyl sites for hydroxylation is 1. The van der Waals surface area contributed by atoms with E-state index < -0.39 is 6.60 Å². The number of nitrogens with zero attached hydrogens (tertiary/aromatic N) is 1. The quantitative estimate of drug-likeness (QED) is 0.432. The average Bonchev–Trinajstić information content (AvgIpc) is 3.02. The molecule has 0 spiro atoms. The van der Waals surface area contributed by atoms with E-state index in [9.17, 15) is 0 Å². The van der Waals surface area contributed by atoms with Crippen LogP contribution in [0.5, 0.6) is 0 Å². The SMILES string of the molecule is CCCCP(CCCC)(CCCC)(CCCC)c1ncc(C)[nH]1. The predicted molar refractivity (Wildman–Crippen MR) is 109 cm³/mol. The number of nitrogens with one attached hydrogen (secondary N) is 1. The molecule has 0 fully saturated rings. The van der Waals surface area contributed by atoms with Gasteiger partial charge in [-0.05, 0) is 0 Å². The van der Waals surface area contributed by atoms with Crippen LogP contribution in [0, 0.1) is 6.92 Å². The standard InChI is InChI=1S/C20H41N2P/c1-6-10-14-23(15-11-7-2,16-12-8-3,17-13-9-4)20-21-18-19(5)22-20/h18H,6-17H2,1-5H3,(H,21,22). The molecule has 1 aromatic heterocycles. The summed E-state index contributed by atoms with van der Waals surface area (Å²) >= 11 is 0. The van der Waals surface area contributed by atoms with Crippen molar-refractivity contribution >= 4 is 12.2 Å². The number of aromatic amines is 1. The predicted octanol–water partition coefficient (Wildman–Crippen LogP) is 6.10. The molecular formula is C20H41N2P. The van der Waals surface area contributed by atoms with Gasteiger partial charge >= 0.3 is 145 Å². The van der Waals surface area contributed by atoms with Gasteiger partial charge in [-0.1, -0.05) is 0 Å². The zero-order valence-electron chi connectivity index (χ0n) is 16.5. The van der Waals surface area contributed by atoms with Gasteiger partial charge in [0.25, 0.3) is 0 Å². The molecule has 1 heterocycles. The van der Waals surface area contributed by atoms with Gasteiger partial charge < -0.3 is 0 Å². The molecule has 1 rings (SSSR count). The molecule has 0 radical (unpaired) electrons. The molecule has 0 saturated carbocycles. The summed E-state index contributed by atoms with van der Waals surface area (Å²) in [6, 6.07) is 0. The van der Waals surface area contributed by atoms with E-state index in [1.807, 2.05) is 0 Å². The van der Waals surface area contributed by atoms with Crippen LogP contribution < -0.4 is 5.57 Å². The molecule has 136 valence electrons. The van der Waals surface area contributed by atoms with Crippen LogP contribution in [0.15, 0.2) is 6.20 Å². The molecule has 0 amide bonds. The molecule has 0 aliphatic rings. The molecular weight excluding hydrogens is 299 g/mol. The van der Waals surface area contributed by atoms with Crippen molar-refractivity contribution in [3.8, 4) is 0 Å². The molecule has 1 aromatic rings. The van der Waals surface area contributed by atoms with Crippen molar-refractivity contribution in [1.29, 1.82) is 0 Å². The van der Waals surface area contributed by atoms with Crippen LogP contribution in [0.2, 0.25) is 0 Å². The molecule has 0 unspecified atom stereocenters. The zero-order chi connectivity index (χ0) is 17.2. The topological polar surface area (TPSA) is 28.7 Å². The fourth-order valence-corrected chi connectivity index (χ4v) is 11.8. The van der Waals surface area contributed by atoms with E-state index in [0.29, 0.717) is 0 Å². The van der Waals surface area contributed by atoms with Gasteiger partial charge in [0.1, 0.15) is 0 Å². The van der Waals surface area contributed by atoms with Gasteiger partial charge in [0, 0.05) is 0 Å². The van der Waals surface area contributed by atoms with Crippen LogP contribution in [0.1, 0.15) is 84.8 Å². The van der Waals surface area contributed by atoms with E-state index in [-0.39, 0.29) is 0 Å². The van der Waals surface area contributed by atoms with Crippen LogP contribution in [0.25, 0.3) is 0 Å². The first-order valence-corrected chi connectivity index (χ1v) is 13.1. The number of hydrogen-bond donors (Lipinski definition) is 1. The summed E-state index contributed by atoms with van der Waals surface area (Å²) in [6.07, 6.45) is 18.5. The summed E-state index contributed by atoms with van der Waals surface area (Å²) in [6.45, 7) is 9.60. The van der Waals surface area contributed by atoms with Gasteiger partial charge in [0.15, 0.2) is 0 Å². The Kier molecular flexibility index (Phi) is 8.83. The first kappa shape index (κ1) is 20.7. The Bertz CT molecular complexity index is 395. The Morgan fingerprint density at radius 3 is 1.43 bits per heavy atom. The average molecular weight is 341 g/mol. The van der Waals surface area contributed by atoms with Crippen LogP contribution in [-0.2, 0) is 0 Å². The maximum absolute atomic E-state index is 4.97. The normalized spacial score (nSPS) is 13.9. The monoisotopic (exact) mass is 340 g/mol. The van der Waals surface area contributed by atoms with E-state index >= 15 is 0 Å². The van der Waals surface area contributed by atoms with Crippen molar-refractivity contribution in [2.75, 3.05) is 24.6 Å². The summed E-state index contributed by atoms with van der Waals surface area (Å²) in [5.41, 5.74) is 2.67. The number of rotatable bonds is 13. The van der Waals surface area contributed by atoms with Crippen LogP contribution in [0.3, 0.4) is 0 Å². The Morgan fingerprint density at radius 1 is 0.783 bits per heavy atom. The van der Waals surface area contributed by atoms with Gasteiger partial charge in [0.05, 0.1) is 0 Å². The Hall–Kier alpha value is -0.360. The maximum atomic E-state index is 4.97. The third-order valence-corrected chi connectivity index (χ3v) is 13.1. The van der Waals surface area contributed by atoms with Crippen LogP contribution in [-0.4, -0.2) is 34.6 Å². The first-order valence-electron chi connectivity index (χ1n) is 10.1. The second-order valence-electron chi connectivity index (χ2n) is 7.67. The molecule has 0 atom stereocenters. The second-order valence-corrected chi connectivity index (χ2v) is 13.8. The number of H-pyrrole nitrogens is 1. The van der Waals surface area contributed by atoms with Gasteiger partial charge in [-0.25, -0.2) is 0 Å². The van der Waals surface area contributed by atoms with Gasteiger partial charge in [-0.2, -0.15) is 0 Å². The zero-order valence-corrected chi connectivity index (χ0v) is 17.4. The second kappa shape index (κ2) is 9.82.